The zero-order valence-electron chi connectivity index (χ0n) is 7.17. The summed E-state index contributed by atoms with van der Waals surface area (Å²) in [7, 11) is 0. The lowest BCUT2D eigenvalue weighted by atomic mass is 10.3. The fourth-order valence-electron chi connectivity index (χ4n) is 0.844. The highest BCUT2D eigenvalue weighted by Crippen LogP contribution is 2.26. The molecule has 0 fully saturated rings. The second kappa shape index (κ2) is 5.22. The predicted molar refractivity (Wildman–Crippen MR) is 54.4 cm³/mol. The van der Waals surface area contributed by atoms with Gasteiger partial charge in [-0.05, 0) is 12.1 Å². The van der Waals surface area contributed by atoms with E-state index in [1.807, 2.05) is 0 Å². The summed E-state index contributed by atoms with van der Waals surface area (Å²) in [6, 6.07) is 4.67. The van der Waals surface area contributed by atoms with Gasteiger partial charge in [0.1, 0.15) is 0 Å². The van der Waals surface area contributed by atoms with E-state index in [4.69, 9.17) is 16.7 Å². The number of carboxylic acid groups (broad SMARTS) is 1. The van der Waals surface area contributed by atoms with E-state index in [2.05, 4.69) is 0 Å². The smallest absolute Gasteiger partial charge is 0.304 e. The number of rotatable bonds is 4. The Morgan fingerprint density at radius 1 is 1.57 bits per heavy atom. The summed E-state index contributed by atoms with van der Waals surface area (Å²) in [6.07, 6.45) is 0.0105. The Kier molecular flexibility index (Phi) is 4.22. The Balaban J connectivity index is 2.59. The molecule has 0 unspecified atom stereocenters. The van der Waals surface area contributed by atoms with Crippen LogP contribution in [-0.4, -0.2) is 16.8 Å². The van der Waals surface area contributed by atoms with Crippen LogP contribution in [0.15, 0.2) is 23.1 Å². The third kappa shape index (κ3) is 3.20. The van der Waals surface area contributed by atoms with Gasteiger partial charge in [-0.1, -0.05) is 17.7 Å². The zero-order chi connectivity index (χ0) is 10.6. The van der Waals surface area contributed by atoms with Crippen LogP contribution in [0.2, 0.25) is 5.02 Å². The van der Waals surface area contributed by atoms with Crippen LogP contribution in [0, 0.1) is 5.82 Å². The minimum absolute atomic E-state index is 0.0105. The average Bonchev–Trinajstić information content (AvgIpc) is 2.12. The maximum atomic E-state index is 13.2. The molecule has 76 valence electrons. The number of benzene rings is 1. The van der Waals surface area contributed by atoms with Crippen LogP contribution < -0.4 is 0 Å². The summed E-state index contributed by atoms with van der Waals surface area (Å²) in [5.74, 6) is -1.03. The molecule has 0 atom stereocenters. The number of thioether (sulfide) groups is 1. The SMILES string of the molecule is O=C(O)CCSc1cccc(Cl)c1F. The maximum absolute atomic E-state index is 13.2. The molecular weight excluding hydrogens is 227 g/mol. The van der Waals surface area contributed by atoms with Gasteiger partial charge in [0.2, 0.25) is 0 Å². The van der Waals surface area contributed by atoms with Gasteiger partial charge in [0, 0.05) is 10.6 Å². The molecule has 0 bridgehead atoms. The van der Waals surface area contributed by atoms with Gasteiger partial charge < -0.3 is 5.11 Å². The van der Waals surface area contributed by atoms with E-state index < -0.39 is 11.8 Å². The minimum atomic E-state index is -0.889. The molecular formula is C9H8ClFO2S. The van der Waals surface area contributed by atoms with Crippen LogP contribution in [-0.2, 0) is 4.79 Å². The quantitative estimate of drug-likeness (QED) is 0.814. The molecule has 0 aliphatic carbocycles. The highest BCUT2D eigenvalue weighted by molar-refractivity contribution is 7.99. The Morgan fingerprint density at radius 3 is 2.93 bits per heavy atom. The lowest BCUT2D eigenvalue weighted by molar-refractivity contribution is -0.136. The lowest BCUT2D eigenvalue weighted by Gasteiger charge is -2.02. The fraction of sp³-hybridized carbons (Fsp3) is 0.222. The molecule has 0 heterocycles. The van der Waals surface area contributed by atoms with Crippen molar-refractivity contribution in [3.8, 4) is 0 Å². The summed E-state index contributed by atoms with van der Waals surface area (Å²) in [5, 5.41) is 8.44. The molecule has 0 radical (unpaired) electrons. The lowest BCUT2D eigenvalue weighted by Crippen LogP contribution is -1.96. The van der Waals surface area contributed by atoms with Gasteiger partial charge >= 0.3 is 5.97 Å². The van der Waals surface area contributed by atoms with Crippen LogP contribution in [0.5, 0.6) is 0 Å². The summed E-state index contributed by atoms with van der Waals surface area (Å²) in [4.78, 5) is 10.6. The third-order valence-electron chi connectivity index (χ3n) is 1.49. The van der Waals surface area contributed by atoms with Crippen molar-refractivity contribution < 1.29 is 14.3 Å². The van der Waals surface area contributed by atoms with Crippen molar-refractivity contribution in [1.29, 1.82) is 0 Å². The van der Waals surface area contributed by atoms with Crippen LogP contribution >= 0.6 is 23.4 Å². The topological polar surface area (TPSA) is 37.3 Å². The van der Waals surface area contributed by atoms with Crippen molar-refractivity contribution in [2.75, 3.05) is 5.75 Å². The molecule has 1 aromatic rings. The first-order valence-corrected chi connectivity index (χ1v) is 5.26. The Hall–Kier alpha value is -0.740. The molecule has 0 aliphatic heterocycles. The van der Waals surface area contributed by atoms with E-state index in [9.17, 15) is 9.18 Å². The van der Waals surface area contributed by atoms with Crippen LogP contribution in [0.25, 0.3) is 0 Å². The highest BCUT2D eigenvalue weighted by Gasteiger charge is 2.07. The van der Waals surface area contributed by atoms with E-state index in [0.29, 0.717) is 10.6 Å². The van der Waals surface area contributed by atoms with Gasteiger partial charge in [-0.15, -0.1) is 11.8 Å². The second-order valence-electron chi connectivity index (χ2n) is 2.54. The van der Waals surface area contributed by atoms with Crippen molar-refractivity contribution >= 4 is 29.3 Å². The number of halogens is 2. The van der Waals surface area contributed by atoms with Crippen molar-refractivity contribution in [2.45, 2.75) is 11.3 Å². The molecule has 0 amide bonds. The normalized spacial score (nSPS) is 10.1. The summed E-state index contributed by atoms with van der Waals surface area (Å²) in [5.41, 5.74) is 0. The average molecular weight is 235 g/mol. The van der Waals surface area contributed by atoms with E-state index >= 15 is 0 Å². The molecule has 1 N–H and O–H groups in total. The van der Waals surface area contributed by atoms with Crippen LogP contribution in [0.1, 0.15) is 6.42 Å². The van der Waals surface area contributed by atoms with E-state index in [0.717, 1.165) is 11.8 Å². The first-order valence-electron chi connectivity index (χ1n) is 3.90. The van der Waals surface area contributed by atoms with Gasteiger partial charge in [0.15, 0.2) is 5.82 Å². The molecule has 2 nitrogen and oxygen atoms in total. The van der Waals surface area contributed by atoms with Crippen molar-refractivity contribution in [2.24, 2.45) is 0 Å². The molecule has 14 heavy (non-hydrogen) atoms. The largest absolute Gasteiger partial charge is 0.481 e. The van der Waals surface area contributed by atoms with Crippen molar-refractivity contribution in [3.05, 3.63) is 29.0 Å². The van der Waals surface area contributed by atoms with Crippen molar-refractivity contribution in [3.63, 3.8) is 0 Å². The Labute approximate surface area is 90.1 Å². The standard InChI is InChI=1S/C9H8ClFO2S/c10-6-2-1-3-7(9(6)11)14-5-4-8(12)13/h1-3H,4-5H2,(H,12,13). The summed E-state index contributed by atoms with van der Waals surface area (Å²) >= 11 is 6.70. The maximum Gasteiger partial charge on any atom is 0.304 e. The zero-order valence-corrected chi connectivity index (χ0v) is 8.74. The van der Waals surface area contributed by atoms with Crippen LogP contribution in [0.4, 0.5) is 4.39 Å². The minimum Gasteiger partial charge on any atom is -0.481 e. The van der Waals surface area contributed by atoms with E-state index in [-0.39, 0.29) is 11.4 Å². The highest BCUT2D eigenvalue weighted by atomic mass is 35.5. The summed E-state index contributed by atoms with van der Waals surface area (Å²) in [6.45, 7) is 0. The number of aliphatic carboxylic acids is 1. The monoisotopic (exact) mass is 234 g/mol. The Bertz CT molecular complexity index is 344. The van der Waals surface area contributed by atoms with E-state index in [1.165, 1.54) is 6.07 Å². The molecule has 0 saturated heterocycles. The first-order chi connectivity index (χ1) is 6.61. The van der Waals surface area contributed by atoms with Gasteiger partial charge in [-0.2, -0.15) is 0 Å². The molecule has 5 heteroatoms. The number of carbonyl (C=O) groups is 1. The fourth-order valence-corrected chi connectivity index (χ4v) is 1.98. The molecule has 1 rings (SSSR count). The third-order valence-corrected chi connectivity index (χ3v) is 2.82. The molecule has 0 spiro atoms. The van der Waals surface area contributed by atoms with Gasteiger partial charge in [0.25, 0.3) is 0 Å². The first kappa shape index (κ1) is 11.3. The molecule has 0 aromatic heterocycles. The molecule has 0 aliphatic rings. The predicted octanol–water partition coefficient (Wildman–Crippen LogP) is 3.05. The molecule has 0 saturated carbocycles. The molecule has 1 aromatic carbocycles. The van der Waals surface area contributed by atoms with Gasteiger partial charge in [-0.3, -0.25) is 4.79 Å². The number of hydrogen-bond donors (Lipinski definition) is 1. The van der Waals surface area contributed by atoms with Gasteiger partial charge in [0.05, 0.1) is 11.4 Å². The van der Waals surface area contributed by atoms with Gasteiger partial charge in [-0.25, -0.2) is 4.39 Å². The van der Waals surface area contributed by atoms with Crippen molar-refractivity contribution in [1.82, 2.24) is 0 Å². The number of carboxylic acids is 1. The Morgan fingerprint density at radius 2 is 2.29 bits per heavy atom. The van der Waals surface area contributed by atoms with Crippen LogP contribution in [0.3, 0.4) is 0 Å². The summed E-state index contributed by atoms with van der Waals surface area (Å²) < 4.78 is 13.2. The van der Waals surface area contributed by atoms with E-state index in [1.54, 1.807) is 12.1 Å². The second-order valence-corrected chi connectivity index (χ2v) is 4.09. The number of hydrogen-bond acceptors (Lipinski definition) is 2.